The van der Waals surface area contributed by atoms with Gasteiger partial charge in [-0.1, -0.05) is 19.4 Å². The lowest BCUT2D eigenvalue weighted by Gasteiger charge is -2.35. The number of hydrogen-bond donors (Lipinski definition) is 1. The second kappa shape index (κ2) is 10.5. The predicted octanol–water partition coefficient (Wildman–Crippen LogP) is 3.18. The van der Waals surface area contributed by atoms with E-state index < -0.39 is 10.0 Å². The smallest absolute Gasteiger partial charge is 0.261 e. The Balaban J connectivity index is 1.33. The van der Waals surface area contributed by atoms with Crippen LogP contribution in [-0.4, -0.2) is 56.2 Å². The number of piperazine rings is 1. The van der Waals surface area contributed by atoms with Crippen LogP contribution in [0.5, 0.6) is 5.75 Å². The van der Waals surface area contributed by atoms with Crippen molar-refractivity contribution >= 4 is 27.5 Å². The zero-order valence-electron chi connectivity index (χ0n) is 18.6. The highest BCUT2D eigenvalue weighted by Crippen LogP contribution is 2.20. The van der Waals surface area contributed by atoms with Gasteiger partial charge in [-0.05, 0) is 42.8 Å². The average Bonchev–Trinajstić information content (AvgIpc) is 2.85. The van der Waals surface area contributed by atoms with Gasteiger partial charge in [0.25, 0.3) is 10.0 Å². The molecule has 3 heterocycles. The fraction of sp³-hybridized carbons (Fsp3) is 0.348. The van der Waals surface area contributed by atoms with E-state index in [0.29, 0.717) is 24.0 Å². The molecule has 1 saturated heterocycles. The van der Waals surface area contributed by atoms with Crippen LogP contribution in [0.1, 0.15) is 19.8 Å². The van der Waals surface area contributed by atoms with Crippen molar-refractivity contribution in [1.29, 1.82) is 0 Å². The summed E-state index contributed by atoms with van der Waals surface area (Å²) in [6.45, 7) is 5.84. The Morgan fingerprint density at radius 3 is 2.27 bits per heavy atom. The highest BCUT2D eigenvalue weighted by Gasteiger charge is 2.20. The number of nitrogens with one attached hydrogen (secondary N) is 1. The molecule has 1 fully saturated rings. The van der Waals surface area contributed by atoms with Crippen LogP contribution in [0, 0.1) is 0 Å². The van der Waals surface area contributed by atoms with E-state index in [1.54, 1.807) is 18.3 Å². The molecule has 2 aromatic heterocycles. The van der Waals surface area contributed by atoms with Gasteiger partial charge in [0, 0.05) is 32.4 Å². The number of pyridine rings is 1. The zero-order chi connectivity index (χ0) is 23.1. The normalized spacial score (nSPS) is 14.2. The first kappa shape index (κ1) is 22.8. The van der Waals surface area contributed by atoms with Crippen LogP contribution in [0.15, 0.2) is 66.0 Å². The highest BCUT2D eigenvalue weighted by molar-refractivity contribution is 7.92. The second-order valence-electron chi connectivity index (χ2n) is 7.71. The molecular formula is C23H28N6O3S. The van der Waals surface area contributed by atoms with Crippen LogP contribution in [0.25, 0.3) is 0 Å². The van der Waals surface area contributed by atoms with Gasteiger partial charge in [-0.25, -0.2) is 23.4 Å². The Morgan fingerprint density at radius 2 is 1.64 bits per heavy atom. The molecule has 0 atom stereocenters. The largest absolute Gasteiger partial charge is 0.494 e. The summed E-state index contributed by atoms with van der Waals surface area (Å²) < 4.78 is 33.5. The molecular weight excluding hydrogens is 440 g/mol. The summed E-state index contributed by atoms with van der Waals surface area (Å²) in [6.07, 6.45) is 6.77. The Kier molecular flexibility index (Phi) is 7.23. The Hall–Kier alpha value is -3.40. The van der Waals surface area contributed by atoms with Gasteiger partial charge in [0.05, 0.1) is 29.6 Å². The van der Waals surface area contributed by atoms with Crippen molar-refractivity contribution in [2.45, 2.75) is 24.7 Å². The number of sulfonamides is 1. The van der Waals surface area contributed by atoms with E-state index in [2.05, 4.69) is 36.4 Å². The number of rotatable bonds is 9. The Morgan fingerprint density at radius 1 is 0.939 bits per heavy atom. The molecule has 0 aliphatic carbocycles. The molecule has 0 saturated carbocycles. The maximum absolute atomic E-state index is 12.7. The fourth-order valence-corrected chi connectivity index (χ4v) is 4.50. The summed E-state index contributed by atoms with van der Waals surface area (Å²) in [4.78, 5) is 17.6. The van der Waals surface area contributed by atoms with Crippen molar-refractivity contribution in [1.82, 2.24) is 15.0 Å². The molecule has 10 heteroatoms. The van der Waals surface area contributed by atoms with Crippen LogP contribution < -0.4 is 19.3 Å². The van der Waals surface area contributed by atoms with E-state index in [1.807, 2.05) is 18.2 Å². The number of ether oxygens (including phenoxy) is 1. The summed E-state index contributed by atoms with van der Waals surface area (Å²) in [5.74, 6) is 2.19. The molecule has 0 unspecified atom stereocenters. The molecule has 4 rings (SSSR count). The van der Waals surface area contributed by atoms with E-state index in [4.69, 9.17) is 4.74 Å². The predicted molar refractivity (Wildman–Crippen MR) is 128 cm³/mol. The number of benzene rings is 1. The molecule has 1 N–H and O–H groups in total. The van der Waals surface area contributed by atoms with E-state index in [1.165, 1.54) is 24.5 Å². The summed E-state index contributed by atoms with van der Waals surface area (Å²) >= 11 is 0. The summed E-state index contributed by atoms with van der Waals surface area (Å²) in [7, 11) is -3.74. The third kappa shape index (κ3) is 5.89. The van der Waals surface area contributed by atoms with Gasteiger partial charge < -0.3 is 14.5 Å². The van der Waals surface area contributed by atoms with Gasteiger partial charge in [0.15, 0.2) is 0 Å². The van der Waals surface area contributed by atoms with Crippen molar-refractivity contribution < 1.29 is 13.2 Å². The van der Waals surface area contributed by atoms with Gasteiger partial charge >= 0.3 is 0 Å². The molecule has 0 amide bonds. The first-order valence-corrected chi connectivity index (χ1v) is 12.5. The van der Waals surface area contributed by atoms with E-state index in [9.17, 15) is 8.42 Å². The minimum atomic E-state index is -3.74. The molecule has 9 nitrogen and oxygen atoms in total. The van der Waals surface area contributed by atoms with Crippen molar-refractivity contribution in [3.8, 4) is 5.75 Å². The molecule has 1 aliphatic rings. The molecule has 1 aliphatic heterocycles. The van der Waals surface area contributed by atoms with Gasteiger partial charge in [-0.2, -0.15) is 0 Å². The lowest BCUT2D eigenvalue weighted by molar-refractivity contribution is 0.309. The summed E-state index contributed by atoms with van der Waals surface area (Å²) in [5, 5.41) is 0. The monoisotopic (exact) mass is 468 g/mol. The average molecular weight is 469 g/mol. The van der Waals surface area contributed by atoms with Crippen molar-refractivity contribution in [2.75, 3.05) is 47.3 Å². The molecule has 1 aromatic carbocycles. The number of nitrogens with zero attached hydrogens (tertiary/aromatic N) is 5. The van der Waals surface area contributed by atoms with Crippen molar-refractivity contribution in [3.05, 3.63) is 61.1 Å². The third-order valence-corrected chi connectivity index (χ3v) is 6.72. The molecule has 3 aromatic rings. The maximum Gasteiger partial charge on any atom is 0.261 e. The Bertz CT molecular complexity index is 1120. The maximum atomic E-state index is 12.7. The van der Waals surface area contributed by atoms with Gasteiger partial charge in [0.2, 0.25) is 5.95 Å². The minimum Gasteiger partial charge on any atom is -0.494 e. The first-order chi connectivity index (χ1) is 16.0. The van der Waals surface area contributed by atoms with Crippen molar-refractivity contribution in [2.24, 2.45) is 0 Å². The first-order valence-electron chi connectivity index (χ1n) is 11.0. The van der Waals surface area contributed by atoms with Crippen LogP contribution in [0.2, 0.25) is 0 Å². The lowest BCUT2D eigenvalue weighted by atomic mass is 10.3. The van der Waals surface area contributed by atoms with E-state index >= 15 is 0 Å². The van der Waals surface area contributed by atoms with Crippen molar-refractivity contribution in [3.63, 3.8) is 0 Å². The number of anilines is 3. The summed E-state index contributed by atoms with van der Waals surface area (Å²) in [5.41, 5.74) is 0.314. The number of aromatic nitrogens is 3. The quantitative estimate of drug-likeness (QED) is 0.478. The molecule has 0 bridgehead atoms. The molecule has 0 spiro atoms. The van der Waals surface area contributed by atoms with Crippen LogP contribution in [0.4, 0.5) is 17.5 Å². The van der Waals surface area contributed by atoms with Gasteiger partial charge in [0.1, 0.15) is 11.6 Å². The van der Waals surface area contributed by atoms with Gasteiger partial charge in [-0.15, -0.1) is 0 Å². The topological polar surface area (TPSA) is 101 Å². The standard InChI is InChI=1S/C23H28N6O3S/c1-2-3-16-32-20-7-9-21(10-8-20)33(30,31)27-19-17-25-23(26-18-19)29-14-12-28(13-15-29)22-6-4-5-11-24-22/h4-11,17-18,27H,2-3,12-16H2,1H3. The SMILES string of the molecule is CCCCOc1ccc(S(=O)(=O)Nc2cnc(N3CCN(c4ccccn4)CC3)nc2)cc1. The molecule has 0 radical (unpaired) electrons. The van der Waals surface area contributed by atoms with Gasteiger partial charge in [-0.3, -0.25) is 4.72 Å². The molecule has 33 heavy (non-hydrogen) atoms. The number of hydrogen-bond acceptors (Lipinski definition) is 8. The fourth-order valence-electron chi connectivity index (χ4n) is 3.48. The number of unbranched alkanes of at least 4 members (excludes halogenated alkanes) is 1. The van der Waals surface area contributed by atoms with E-state index in [0.717, 1.165) is 44.8 Å². The van der Waals surface area contributed by atoms with Crippen LogP contribution >= 0.6 is 0 Å². The lowest BCUT2D eigenvalue weighted by Crippen LogP contribution is -2.47. The summed E-state index contributed by atoms with van der Waals surface area (Å²) in [6, 6.07) is 12.3. The van der Waals surface area contributed by atoms with Crippen LogP contribution in [-0.2, 0) is 10.0 Å². The third-order valence-electron chi connectivity index (χ3n) is 5.33. The van der Waals surface area contributed by atoms with E-state index in [-0.39, 0.29) is 4.90 Å². The second-order valence-corrected chi connectivity index (χ2v) is 9.40. The molecule has 174 valence electrons. The Labute approximate surface area is 194 Å². The van der Waals surface area contributed by atoms with Crippen LogP contribution in [0.3, 0.4) is 0 Å². The minimum absolute atomic E-state index is 0.153. The highest BCUT2D eigenvalue weighted by atomic mass is 32.2. The zero-order valence-corrected chi connectivity index (χ0v) is 19.4.